The van der Waals surface area contributed by atoms with Crippen LogP contribution in [-0.4, -0.2) is 38.2 Å². The maximum absolute atomic E-state index is 12.1. The number of esters is 1. The summed E-state index contributed by atoms with van der Waals surface area (Å²) in [6.07, 6.45) is 2.44. The van der Waals surface area contributed by atoms with Gasteiger partial charge in [0.05, 0.1) is 31.0 Å². The first-order valence-electron chi connectivity index (χ1n) is 7.89. The first-order valence-corrected chi connectivity index (χ1v) is 7.89. The molecule has 0 unspecified atom stereocenters. The number of methoxy groups -OCH3 is 1. The Hall–Kier alpha value is -1.79. The maximum Gasteiger partial charge on any atom is 0.337 e. The highest BCUT2D eigenvalue weighted by Crippen LogP contribution is 2.28. The Kier molecular flexibility index (Phi) is 8.01. The van der Waals surface area contributed by atoms with Crippen LogP contribution in [0.15, 0.2) is 18.2 Å². The molecule has 6 nitrogen and oxygen atoms in total. The SMILES string of the molecule is COC(=O)c1ccc(OC(C)C)c(NC(=O)CNCC2CC2)c1.Cl. The number of hydrogen-bond donors (Lipinski definition) is 2. The van der Waals surface area contributed by atoms with Crippen molar-refractivity contribution >= 4 is 30.0 Å². The summed E-state index contributed by atoms with van der Waals surface area (Å²) in [5.41, 5.74) is 0.838. The van der Waals surface area contributed by atoms with Crippen LogP contribution in [0, 0.1) is 5.92 Å². The normalized spacial score (nSPS) is 13.2. The number of hydrogen-bond acceptors (Lipinski definition) is 5. The third kappa shape index (κ3) is 6.37. The minimum absolute atomic E-state index is 0. The Morgan fingerprint density at radius 2 is 2.00 bits per heavy atom. The van der Waals surface area contributed by atoms with E-state index in [1.54, 1.807) is 18.2 Å². The summed E-state index contributed by atoms with van der Waals surface area (Å²) in [7, 11) is 1.32. The van der Waals surface area contributed by atoms with E-state index in [2.05, 4.69) is 10.6 Å². The van der Waals surface area contributed by atoms with Crippen molar-refractivity contribution in [1.82, 2.24) is 5.32 Å². The molecule has 1 aliphatic rings. The molecule has 7 heteroatoms. The molecule has 2 N–H and O–H groups in total. The second-order valence-corrected chi connectivity index (χ2v) is 5.99. The zero-order valence-electron chi connectivity index (χ0n) is 14.3. The van der Waals surface area contributed by atoms with Crippen LogP contribution in [0.1, 0.15) is 37.0 Å². The number of carbonyl (C=O) groups excluding carboxylic acids is 2. The zero-order valence-corrected chi connectivity index (χ0v) is 15.1. The van der Waals surface area contributed by atoms with Gasteiger partial charge in [0.25, 0.3) is 0 Å². The standard InChI is InChI=1S/C17H24N2O4.ClH/c1-11(2)23-15-7-6-13(17(21)22-3)8-14(15)19-16(20)10-18-9-12-4-5-12;/h6-8,11-12,18H,4-5,9-10H2,1-3H3,(H,19,20);1H. The van der Waals surface area contributed by atoms with Gasteiger partial charge >= 0.3 is 5.97 Å². The molecule has 0 spiro atoms. The number of amides is 1. The topological polar surface area (TPSA) is 76.7 Å². The molecule has 1 fully saturated rings. The highest BCUT2D eigenvalue weighted by molar-refractivity contribution is 5.96. The van der Waals surface area contributed by atoms with E-state index in [0.29, 0.717) is 22.9 Å². The Labute approximate surface area is 148 Å². The fourth-order valence-corrected chi connectivity index (χ4v) is 2.14. The van der Waals surface area contributed by atoms with E-state index in [1.165, 1.54) is 20.0 Å². The summed E-state index contributed by atoms with van der Waals surface area (Å²) in [5.74, 6) is 0.623. The molecule has 2 rings (SSSR count). The lowest BCUT2D eigenvalue weighted by molar-refractivity contribution is -0.115. The fourth-order valence-electron chi connectivity index (χ4n) is 2.14. The average molecular weight is 357 g/mol. The molecular weight excluding hydrogens is 332 g/mol. The fraction of sp³-hybridized carbons (Fsp3) is 0.529. The minimum atomic E-state index is -0.455. The number of anilines is 1. The number of halogens is 1. The number of carbonyl (C=O) groups is 2. The number of nitrogens with one attached hydrogen (secondary N) is 2. The number of ether oxygens (including phenoxy) is 2. The molecule has 1 amide bonds. The molecule has 0 aromatic heterocycles. The average Bonchev–Trinajstić information content (AvgIpc) is 3.32. The molecule has 0 bridgehead atoms. The van der Waals surface area contributed by atoms with E-state index >= 15 is 0 Å². The monoisotopic (exact) mass is 356 g/mol. The van der Waals surface area contributed by atoms with Gasteiger partial charge in [0.2, 0.25) is 5.91 Å². The number of benzene rings is 1. The zero-order chi connectivity index (χ0) is 16.8. The van der Waals surface area contributed by atoms with Crippen molar-refractivity contribution in [3.8, 4) is 5.75 Å². The lowest BCUT2D eigenvalue weighted by Gasteiger charge is -2.16. The molecule has 0 heterocycles. The van der Waals surface area contributed by atoms with Gasteiger partial charge in [-0.3, -0.25) is 4.79 Å². The van der Waals surface area contributed by atoms with Crippen molar-refractivity contribution < 1.29 is 19.1 Å². The van der Waals surface area contributed by atoms with Crippen LogP contribution in [0.2, 0.25) is 0 Å². The van der Waals surface area contributed by atoms with E-state index < -0.39 is 5.97 Å². The summed E-state index contributed by atoms with van der Waals surface area (Å²) in [6.45, 7) is 4.90. The van der Waals surface area contributed by atoms with Crippen LogP contribution in [0.25, 0.3) is 0 Å². The molecule has 1 aromatic carbocycles. The van der Waals surface area contributed by atoms with Crippen LogP contribution in [-0.2, 0) is 9.53 Å². The Balaban J connectivity index is 0.00000288. The van der Waals surface area contributed by atoms with Crippen molar-refractivity contribution in [2.24, 2.45) is 5.92 Å². The van der Waals surface area contributed by atoms with E-state index in [-0.39, 0.29) is 31.0 Å². The van der Waals surface area contributed by atoms with Crippen molar-refractivity contribution in [3.05, 3.63) is 23.8 Å². The third-order valence-corrected chi connectivity index (χ3v) is 3.45. The molecule has 0 atom stereocenters. The molecule has 1 saturated carbocycles. The van der Waals surface area contributed by atoms with E-state index in [4.69, 9.17) is 9.47 Å². The van der Waals surface area contributed by atoms with Gasteiger partial charge in [0.15, 0.2) is 0 Å². The maximum atomic E-state index is 12.1. The quantitative estimate of drug-likeness (QED) is 0.700. The van der Waals surface area contributed by atoms with Gasteiger partial charge in [-0.25, -0.2) is 4.79 Å². The van der Waals surface area contributed by atoms with Crippen LogP contribution < -0.4 is 15.4 Å². The van der Waals surface area contributed by atoms with Crippen molar-refractivity contribution in [1.29, 1.82) is 0 Å². The Morgan fingerprint density at radius 1 is 1.29 bits per heavy atom. The molecule has 0 aliphatic heterocycles. The number of rotatable bonds is 8. The van der Waals surface area contributed by atoms with Gasteiger partial charge in [-0.2, -0.15) is 0 Å². The van der Waals surface area contributed by atoms with Gasteiger partial charge in [0.1, 0.15) is 5.75 Å². The summed E-state index contributed by atoms with van der Waals surface area (Å²) in [4.78, 5) is 23.7. The molecule has 0 radical (unpaired) electrons. The smallest absolute Gasteiger partial charge is 0.337 e. The first kappa shape index (κ1) is 20.3. The second kappa shape index (κ2) is 9.49. The molecule has 24 heavy (non-hydrogen) atoms. The second-order valence-electron chi connectivity index (χ2n) is 5.99. The van der Waals surface area contributed by atoms with Crippen LogP contribution in [0.3, 0.4) is 0 Å². The van der Waals surface area contributed by atoms with Crippen LogP contribution >= 0.6 is 12.4 Å². The van der Waals surface area contributed by atoms with E-state index in [0.717, 1.165) is 6.54 Å². The predicted octanol–water partition coefficient (Wildman–Crippen LogP) is 2.62. The summed E-state index contributed by atoms with van der Waals surface area (Å²) < 4.78 is 10.4. The lowest BCUT2D eigenvalue weighted by atomic mass is 10.2. The lowest BCUT2D eigenvalue weighted by Crippen LogP contribution is -2.29. The van der Waals surface area contributed by atoms with Gasteiger partial charge in [-0.1, -0.05) is 0 Å². The van der Waals surface area contributed by atoms with Crippen LogP contribution in [0.4, 0.5) is 5.69 Å². The minimum Gasteiger partial charge on any atom is -0.489 e. The predicted molar refractivity (Wildman–Crippen MR) is 95.0 cm³/mol. The highest BCUT2D eigenvalue weighted by Gasteiger charge is 2.21. The first-order chi connectivity index (χ1) is 11.0. The Morgan fingerprint density at radius 3 is 2.58 bits per heavy atom. The van der Waals surface area contributed by atoms with E-state index in [1.807, 2.05) is 13.8 Å². The van der Waals surface area contributed by atoms with Crippen LogP contribution in [0.5, 0.6) is 5.75 Å². The molecule has 1 aliphatic carbocycles. The van der Waals surface area contributed by atoms with Crippen molar-refractivity contribution in [2.75, 3.05) is 25.5 Å². The van der Waals surface area contributed by atoms with E-state index in [9.17, 15) is 9.59 Å². The summed E-state index contributed by atoms with van der Waals surface area (Å²) in [5, 5.41) is 5.93. The molecule has 1 aromatic rings. The largest absolute Gasteiger partial charge is 0.489 e. The summed E-state index contributed by atoms with van der Waals surface area (Å²) in [6, 6.07) is 4.85. The highest BCUT2D eigenvalue weighted by atomic mass is 35.5. The van der Waals surface area contributed by atoms with Gasteiger partial charge in [-0.05, 0) is 57.4 Å². The summed E-state index contributed by atoms with van der Waals surface area (Å²) >= 11 is 0. The molecule has 134 valence electrons. The van der Waals surface area contributed by atoms with Gasteiger partial charge < -0.3 is 20.1 Å². The van der Waals surface area contributed by atoms with Gasteiger partial charge in [-0.15, -0.1) is 12.4 Å². The van der Waals surface area contributed by atoms with Gasteiger partial charge in [0, 0.05) is 0 Å². The molecule has 0 saturated heterocycles. The van der Waals surface area contributed by atoms with Crippen molar-refractivity contribution in [2.45, 2.75) is 32.8 Å². The third-order valence-electron chi connectivity index (χ3n) is 3.45. The van der Waals surface area contributed by atoms with Crippen molar-refractivity contribution in [3.63, 3.8) is 0 Å². The Bertz CT molecular complexity index is 574. The molecular formula is C17H25ClN2O4.